The third-order valence-corrected chi connectivity index (χ3v) is 7.18. The average molecular weight is 633 g/mol. The van der Waals surface area contributed by atoms with Crippen molar-refractivity contribution in [2.24, 2.45) is 0 Å². The molecule has 5 rings (SSSR count). The Balaban J connectivity index is 1.35. The number of nitrogens with zero attached hydrogens (tertiary/aromatic N) is 2. The van der Waals surface area contributed by atoms with Crippen LogP contribution in [0.4, 0.5) is 38.0 Å². The molecule has 0 aliphatic heterocycles. The molecule has 0 unspecified atom stereocenters. The second-order valence-electron chi connectivity index (χ2n) is 9.79. The molecule has 0 atom stereocenters. The zero-order valence-corrected chi connectivity index (χ0v) is 25.5. The number of halogens is 2. The van der Waals surface area contributed by atoms with E-state index in [0.717, 1.165) is 33.2 Å². The fourth-order valence-electron chi connectivity index (χ4n) is 4.84. The molecule has 0 aliphatic rings. The number of carbonyl (C=O) groups excluding carboxylic acids is 2. The van der Waals surface area contributed by atoms with Gasteiger partial charge in [-0.3, -0.25) is 10.6 Å². The summed E-state index contributed by atoms with van der Waals surface area (Å²) in [7, 11) is 1.29. The van der Waals surface area contributed by atoms with E-state index in [1.807, 2.05) is 66.7 Å². The molecule has 1 heterocycles. The highest BCUT2D eigenvalue weighted by molar-refractivity contribution is 6.18. The number of hydrogen-bond acceptors (Lipinski definition) is 7. The number of pyridine rings is 1. The van der Waals surface area contributed by atoms with E-state index in [4.69, 9.17) is 37.7 Å². The zero-order chi connectivity index (χ0) is 30.9. The van der Waals surface area contributed by atoms with Crippen molar-refractivity contribution >= 4 is 85.6 Å². The van der Waals surface area contributed by atoms with E-state index in [0.29, 0.717) is 47.5 Å². The first-order chi connectivity index (χ1) is 21.5. The Morgan fingerprint density at radius 2 is 1.34 bits per heavy atom. The maximum Gasteiger partial charge on any atom is 0.411 e. The number of hydrogen-bond donors (Lipinski definition) is 3. The molecule has 5 aromatic rings. The lowest BCUT2D eigenvalue weighted by atomic mass is 10.1. The Morgan fingerprint density at radius 3 is 1.95 bits per heavy atom. The summed E-state index contributed by atoms with van der Waals surface area (Å²) in [6, 6.07) is 28.5. The summed E-state index contributed by atoms with van der Waals surface area (Å²) in [5.41, 5.74) is 5.88. The molecule has 11 heteroatoms. The van der Waals surface area contributed by atoms with Gasteiger partial charge in [0.15, 0.2) is 0 Å². The number of anilines is 5. The van der Waals surface area contributed by atoms with E-state index in [-0.39, 0.29) is 6.61 Å². The van der Waals surface area contributed by atoms with E-state index in [1.165, 1.54) is 7.11 Å². The molecule has 0 fully saturated rings. The highest BCUT2D eigenvalue weighted by Crippen LogP contribution is 2.34. The Bertz CT molecular complexity index is 1710. The van der Waals surface area contributed by atoms with Crippen molar-refractivity contribution in [1.82, 2.24) is 4.98 Å². The summed E-state index contributed by atoms with van der Waals surface area (Å²) in [6.45, 7) is 1.28. The summed E-state index contributed by atoms with van der Waals surface area (Å²) in [6.07, 6.45) is -1.24. The smallest absolute Gasteiger partial charge is 0.411 e. The van der Waals surface area contributed by atoms with Gasteiger partial charge in [0.25, 0.3) is 0 Å². The van der Waals surface area contributed by atoms with Crippen molar-refractivity contribution in [2.75, 3.05) is 52.8 Å². The number of methoxy groups -OCH3 is 1. The van der Waals surface area contributed by atoms with Crippen LogP contribution >= 0.6 is 23.2 Å². The minimum atomic E-state index is -0.622. The van der Waals surface area contributed by atoms with Gasteiger partial charge in [-0.2, -0.15) is 0 Å². The first-order valence-electron chi connectivity index (χ1n) is 13.9. The van der Waals surface area contributed by atoms with E-state index >= 15 is 0 Å². The molecule has 1 aromatic heterocycles. The van der Waals surface area contributed by atoms with Gasteiger partial charge < -0.3 is 19.7 Å². The average Bonchev–Trinajstić information content (AvgIpc) is 3.04. The number of benzene rings is 4. The Hall–Kier alpha value is -4.73. The van der Waals surface area contributed by atoms with Gasteiger partial charge >= 0.3 is 12.2 Å². The second-order valence-corrected chi connectivity index (χ2v) is 10.6. The first kappa shape index (κ1) is 30.7. The fourth-order valence-corrected chi connectivity index (χ4v) is 5.25. The molecule has 0 saturated carbocycles. The second kappa shape index (κ2) is 14.6. The molecule has 0 bridgehead atoms. The number of alkyl halides is 2. The molecule has 0 aliphatic carbocycles. The fraction of sp³-hybridized carbons (Fsp3) is 0.182. The van der Waals surface area contributed by atoms with Crippen LogP contribution in [0.1, 0.15) is 5.56 Å². The van der Waals surface area contributed by atoms with Gasteiger partial charge in [0.2, 0.25) is 0 Å². The molecule has 0 saturated heterocycles. The molecule has 3 N–H and O–H groups in total. The summed E-state index contributed by atoms with van der Waals surface area (Å²) in [5, 5.41) is 10.8. The molecule has 0 radical (unpaired) electrons. The number of aromatic nitrogens is 1. The van der Waals surface area contributed by atoms with Crippen molar-refractivity contribution in [2.45, 2.75) is 6.61 Å². The molecular formula is C33H31Cl2N5O4. The van der Waals surface area contributed by atoms with Crippen molar-refractivity contribution in [3.8, 4) is 0 Å². The van der Waals surface area contributed by atoms with Gasteiger partial charge in [0, 0.05) is 58.4 Å². The van der Waals surface area contributed by atoms with Gasteiger partial charge in [-0.1, -0.05) is 36.4 Å². The summed E-state index contributed by atoms with van der Waals surface area (Å²) in [4.78, 5) is 31.6. The van der Waals surface area contributed by atoms with Crippen LogP contribution in [0.15, 0.2) is 91.0 Å². The van der Waals surface area contributed by atoms with Crippen molar-refractivity contribution in [3.63, 3.8) is 0 Å². The number of fused-ring (bicyclic) bond motifs is 2. The molecule has 44 heavy (non-hydrogen) atoms. The lowest BCUT2D eigenvalue weighted by molar-refractivity contribution is 0.155. The Kier molecular flexibility index (Phi) is 10.2. The maximum atomic E-state index is 12.7. The van der Waals surface area contributed by atoms with Gasteiger partial charge in [0.05, 0.1) is 23.8 Å². The number of amides is 2. The topological polar surface area (TPSA) is 105 Å². The predicted molar refractivity (Wildman–Crippen MR) is 179 cm³/mol. The monoisotopic (exact) mass is 631 g/mol. The Labute approximate surface area is 265 Å². The highest BCUT2D eigenvalue weighted by atomic mass is 35.5. The standard InChI is InChI=1S/C33H31Cl2N5O4/c1-43-32(41)38-25-19-22(21-44-33(42)37-23-10-12-26(13-11-23)40(16-14-34)17-15-35)18-24(20-25)36-31-27-6-2-4-8-29(27)39-30-9-5-3-7-28(30)31/h2-13,18-20H,14-17,21H2,1H3,(H,36,39)(H,37,42)(H,38,41). The summed E-state index contributed by atoms with van der Waals surface area (Å²) >= 11 is 11.8. The highest BCUT2D eigenvalue weighted by Gasteiger charge is 2.13. The number of carbonyl (C=O) groups is 2. The van der Waals surface area contributed by atoms with Crippen LogP contribution in [0.3, 0.4) is 0 Å². The normalized spacial score (nSPS) is 10.8. The van der Waals surface area contributed by atoms with Crippen LogP contribution in [0, 0.1) is 0 Å². The van der Waals surface area contributed by atoms with Crippen molar-refractivity contribution in [3.05, 3.63) is 96.6 Å². The Morgan fingerprint density at radius 1 is 0.750 bits per heavy atom. The van der Waals surface area contributed by atoms with Crippen molar-refractivity contribution < 1.29 is 19.1 Å². The lowest BCUT2D eigenvalue weighted by Gasteiger charge is -2.23. The number of rotatable bonds is 11. The third-order valence-electron chi connectivity index (χ3n) is 6.84. The molecule has 0 spiro atoms. The van der Waals surface area contributed by atoms with Crippen LogP contribution in [0.2, 0.25) is 0 Å². The van der Waals surface area contributed by atoms with E-state index < -0.39 is 12.2 Å². The largest absolute Gasteiger partial charge is 0.453 e. The summed E-state index contributed by atoms with van der Waals surface area (Å²) in [5.74, 6) is 0.957. The molecular weight excluding hydrogens is 601 g/mol. The van der Waals surface area contributed by atoms with Crippen LogP contribution in [0.5, 0.6) is 0 Å². The third kappa shape index (κ3) is 7.61. The van der Waals surface area contributed by atoms with Gasteiger partial charge in [-0.25, -0.2) is 14.6 Å². The lowest BCUT2D eigenvalue weighted by Crippen LogP contribution is -2.27. The first-order valence-corrected chi connectivity index (χ1v) is 15.0. The number of ether oxygens (including phenoxy) is 2. The van der Waals surface area contributed by atoms with E-state index in [1.54, 1.807) is 24.3 Å². The van der Waals surface area contributed by atoms with Gasteiger partial charge in [-0.15, -0.1) is 23.2 Å². The minimum Gasteiger partial charge on any atom is -0.453 e. The van der Waals surface area contributed by atoms with Crippen molar-refractivity contribution in [1.29, 1.82) is 0 Å². The maximum absolute atomic E-state index is 12.7. The van der Waals surface area contributed by atoms with Crippen LogP contribution < -0.4 is 20.9 Å². The SMILES string of the molecule is COC(=O)Nc1cc(COC(=O)Nc2ccc(N(CCCl)CCCl)cc2)cc(Nc2c3ccccc3nc3ccccc23)c1. The quantitative estimate of drug-likeness (QED) is 0.0993. The van der Waals surface area contributed by atoms with Crippen LogP contribution in [-0.4, -0.2) is 49.1 Å². The van der Waals surface area contributed by atoms with Gasteiger partial charge in [-0.05, 0) is 60.2 Å². The molecule has 2 amide bonds. The van der Waals surface area contributed by atoms with E-state index in [2.05, 4.69) is 20.9 Å². The van der Waals surface area contributed by atoms with Crippen LogP contribution in [-0.2, 0) is 16.1 Å². The number of nitrogens with one attached hydrogen (secondary N) is 3. The van der Waals surface area contributed by atoms with E-state index in [9.17, 15) is 9.59 Å². The summed E-state index contributed by atoms with van der Waals surface area (Å²) < 4.78 is 10.3. The molecule has 226 valence electrons. The predicted octanol–water partition coefficient (Wildman–Crippen LogP) is 8.34. The zero-order valence-electron chi connectivity index (χ0n) is 24.0. The molecule has 9 nitrogen and oxygen atoms in total. The van der Waals surface area contributed by atoms with Crippen LogP contribution in [0.25, 0.3) is 21.8 Å². The molecule has 4 aromatic carbocycles. The minimum absolute atomic E-state index is 0.0493. The van der Waals surface area contributed by atoms with Gasteiger partial charge in [0.1, 0.15) is 6.61 Å². The number of para-hydroxylation sites is 2.